The second kappa shape index (κ2) is 6.21. The monoisotopic (exact) mass is 282 g/mol. The molecule has 2 aromatic rings. The summed E-state index contributed by atoms with van der Waals surface area (Å²) in [5, 5.41) is 3.86. The Balaban J connectivity index is 2.36. The SMILES string of the molecule is CCNCc1sc(-c2ccc(F)cc2F)nc1CC. The van der Waals surface area contributed by atoms with E-state index in [1.807, 2.05) is 13.8 Å². The first kappa shape index (κ1) is 14.1. The van der Waals surface area contributed by atoms with E-state index < -0.39 is 11.6 Å². The van der Waals surface area contributed by atoms with E-state index >= 15 is 0 Å². The number of rotatable bonds is 5. The zero-order valence-corrected chi connectivity index (χ0v) is 11.8. The van der Waals surface area contributed by atoms with Crippen LogP contribution in [0.4, 0.5) is 8.78 Å². The normalized spacial score (nSPS) is 10.9. The molecule has 0 amide bonds. The highest BCUT2D eigenvalue weighted by molar-refractivity contribution is 7.15. The Morgan fingerprint density at radius 1 is 1.26 bits per heavy atom. The fourth-order valence-electron chi connectivity index (χ4n) is 1.81. The van der Waals surface area contributed by atoms with E-state index in [9.17, 15) is 8.78 Å². The van der Waals surface area contributed by atoms with Gasteiger partial charge in [0.15, 0.2) is 0 Å². The molecule has 0 saturated heterocycles. The molecular formula is C14H16F2N2S. The van der Waals surface area contributed by atoms with Crippen LogP contribution in [0.3, 0.4) is 0 Å². The van der Waals surface area contributed by atoms with Gasteiger partial charge in [0.05, 0.1) is 5.69 Å². The van der Waals surface area contributed by atoms with E-state index in [4.69, 9.17) is 0 Å². The molecule has 1 aromatic carbocycles. The fraction of sp³-hybridized carbons (Fsp3) is 0.357. The molecule has 1 N–H and O–H groups in total. The van der Waals surface area contributed by atoms with Gasteiger partial charge in [0.1, 0.15) is 16.6 Å². The Kier molecular flexibility index (Phi) is 4.61. The lowest BCUT2D eigenvalue weighted by molar-refractivity contribution is 0.585. The van der Waals surface area contributed by atoms with Crippen LogP contribution < -0.4 is 5.32 Å². The van der Waals surface area contributed by atoms with E-state index in [0.29, 0.717) is 10.6 Å². The molecule has 0 aliphatic heterocycles. The Morgan fingerprint density at radius 2 is 2.05 bits per heavy atom. The first-order chi connectivity index (χ1) is 9.15. The number of benzene rings is 1. The van der Waals surface area contributed by atoms with E-state index in [1.54, 1.807) is 0 Å². The molecule has 102 valence electrons. The first-order valence-corrected chi connectivity index (χ1v) is 7.12. The molecule has 1 heterocycles. The van der Waals surface area contributed by atoms with Crippen LogP contribution >= 0.6 is 11.3 Å². The van der Waals surface area contributed by atoms with Gasteiger partial charge in [-0.2, -0.15) is 0 Å². The van der Waals surface area contributed by atoms with Gasteiger partial charge in [-0.15, -0.1) is 11.3 Å². The van der Waals surface area contributed by atoms with Crippen LogP contribution in [0, 0.1) is 11.6 Å². The summed E-state index contributed by atoms with van der Waals surface area (Å²) in [5.41, 5.74) is 1.34. The Labute approximate surface area is 115 Å². The van der Waals surface area contributed by atoms with Crippen LogP contribution in [0.2, 0.25) is 0 Å². The second-order valence-corrected chi connectivity index (χ2v) is 5.23. The van der Waals surface area contributed by atoms with Crippen molar-refractivity contribution in [2.24, 2.45) is 0 Å². The lowest BCUT2D eigenvalue weighted by Gasteiger charge is -1.99. The van der Waals surface area contributed by atoms with Crippen LogP contribution in [-0.2, 0) is 13.0 Å². The molecule has 0 saturated carbocycles. The molecule has 0 fully saturated rings. The van der Waals surface area contributed by atoms with Crippen molar-refractivity contribution in [3.8, 4) is 10.6 Å². The molecule has 0 radical (unpaired) electrons. The zero-order chi connectivity index (χ0) is 13.8. The lowest BCUT2D eigenvalue weighted by atomic mass is 10.2. The average molecular weight is 282 g/mol. The maximum atomic E-state index is 13.7. The molecule has 1 aromatic heterocycles. The third kappa shape index (κ3) is 3.16. The van der Waals surface area contributed by atoms with Gasteiger partial charge in [0, 0.05) is 23.1 Å². The molecule has 0 unspecified atom stereocenters. The molecule has 0 aliphatic rings. The van der Waals surface area contributed by atoms with Crippen molar-refractivity contribution >= 4 is 11.3 Å². The van der Waals surface area contributed by atoms with Gasteiger partial charge >= 0.3 is 0 Å². The van der Waals surface area contributed by atoms with Gasteiger partial charge in [-0.05, 0) is 25.1 Å². The molecule has 0 bridgehead atoms. The Hall–Kier alpha value is -1.33. The number of aryl methyl sites for hydroxylation is 1. The molecule has 0 atom stereocenters. The smallest absolute Gasteiger partial charge is 0.136 e. The summed E-state index contributed by atoms with van der Waals surface area (Å²) in [6.07, 6.45) is 0.806. The number of halogens is 2. The molecule has 19 heavy (non-hydrogen) atoms. The standard InChI is InChI=1S/C14H16F2N2S/c1-3-12-13(8-17-4-2)19-14(18-12)10-6-5-9(15)7-11(10)16/h5-7,17H,3-4,8H2,1-2H3. The van der Waals surface area contributed by atoms with E-state index in [1.165, 1.54) is 23.5 Å². The Bertz CT molecular complexity index is 567. The molecule has 5 heteroatoms. The minimum atomic E-state index is -0.568. The highest BCUT2D eigenvalue weighted by Crippen LogP contribution is 2.30. The number of hydrogen-bond acceptors (Lipinski definition) is 3. The zero-order valence-electron chi connectivity index (χ0n) is 11.0. The molecule has 2 nitrogen and oxygen atoms in total. The quantitative estimate of drug-likeness (QED) is 0.903. The van der Waals surface area contributed by atoms with Crippen LogP contribution in [0.15, 0.2) is 18.2 Å². The van der Waals surface area contributed by atoms with Crippen molar-refractivity contribution in [3.05, 3.63) is 40.4 Å². The number of nitrogens with one attached hydrogen (secondary N) is 1. The van der Waals surface area contributed by atoms with Crippen molar-refractivity contribution < 1.29 is 8.78 Å². The number of hydrogen-bond donors (Lipinski definition) is 1. The van der Waals surface area contributed by atoms with Crippen molar-refractivity contribution in [1.29, 1.82) is 0 Å². The van der Waals surface area contributed by atoms with Gasteiger partial charge in [-0.25, -0.2) is 13.8 Å². The van der Waals surface area contributed by atoms with Crippen molar-refractivity contribution in [2.45, 2.75) is 26.8 Å². The minimum Gasteiger partial charge on any atom is -0.312 e. The maximum absolute atomic E-state index is 13.7. The average Bonchev–Trinajstić information content (AvgIpc) is 2.79. The number of thiazole rings is 1. The topological polar surface area (TPSA) is 24.9 Å². The first-order valence-electron chi connectivity index (χ1n) is 6.30. The maximum Gasteiger partial charge on any atom is 0.136 e. The van der Waals surface area contributed by atoms with E-state index in [-0.39, 0.29) is 0 Å². The molecule has 2 rings (SSSR count). The molecule has 0 spiro atoms. The van der Waals surface area contributed by atoms with Gasteiger partial charge in [-0.1, -0.05) is 13.8 Å². The fourth-order valence-corrected chi connectivity index (χ4v) is 2.96. The summed E-state index contributed by atoms with van der Waals surface area (Å²) in [4.78, 5) is 5.57. The third-order valence-corrected chi connectivity index (χ3v) is 3.94. The summed E-state index contributed by atoms with van der Waals surface area (Å²) < 4.78 is 26.7. The predicted octanol–water partition coefficient (Wildman–Crippen LogP) is 3.76. The van der Waals surface area contributed by atoms with Crippen LogP contribution in [-0.4, -0.2) is 11.5 Å². The van der Waals surface area contributed by atoms with Crippen molar-refractivity contribution in [3.63, 3.8) is 0 Å². The van der Waals surface area contributed by atoms with Gasteiger partial charge in [0.2, 0.25) is 0 Å². The summed E-state index contributed by atoms with van der Waals surface area (Å²) in [5.74, 6) is -1.13. The van der Waals surface area contributed by atoms with Crippen LogP contribution in [0.5, 0.6) is 0 Å². The second-order valence-electron chi connectivity index (χ2n) is 4.15. The predicted molar refractivity (Wildman–Crippen MR) is 74.2 cm³/mol. The minimum absolute atomic E-state index is 0.365. The summed E-state index contributed by atoms with van der Waals surface area (Å²) in [7, 11) is 0. The number of nitrogens with zero attached hydrogens (tertiary/aromatic N) is 1. The lowest BCUT2D eigenvalue weighted by Crippen LogP contribution is -2.11. The van der Waals surface area contributed by atoms with Crippen molar-refractivity contribution in [2.75, 3.05) is 6.54 Å². The van der Waals surface area contributed by atoms with Crippen molar-refractivity contribution in [1.82, 2.24) is 10.3 Å². The third-order valence-electron chi connectivity index (χ3n) is 2.81. The van der Waals surface area contributed by atoms with E-state index in [2.05, 4.69) is 10.3 Å². The highest BCUT2D eigenvalue weighted by Gasteiger charge is 2.14. The van der Waals surface area contributed by atoms with Crippen LogP contribution in [0.25, 0.3) is 10.6 Å². The van der Waals surface area contributed by atoms with Gasteiger partial charge in [-0.3, -0.25) is 0 Å². The molecular weight excluding hydrogens is 266 g/mol. The Morgan fingerprint density at radius 3 is 2.68 bits per heavy atom. The summed E-state index contributed by atoms with van der Waals surface area (Å²) >= 11 is 1.46. The van der Waals surface area contributed by atoms with E-state index in [0.717, 1.165) is 36.1 Å². The summed E-state index contributed by atoms with van der Waals surface area (Å²) in [6.45, 7) is 5.67. The van der Waals surface area contributed by atoms with Gasteiger partial charge in [0.25, 0.3) is 0 Å². The van der Waals surface area contributed by atoms with Gasteiger partial charge < -0.3 is 5.32 Å². The molecule has 0 aliphatic carbocycles. The number of aromatic nitrogens is 1. The van der Waals surface area contributed by atoms with Crippen LogP contribution in [0.1, 0.15) is 24.4 Å². The summed E-state index contributed by atoms with van der Waals surface area (Å²) in [6, 6.07) is 3.60. The highest BCUT2D eigenvalue weighted by atomic mass is 32.1. The largest absolute Gasteiger partial charge is 0.312 e.